The molecule has 0 radical (unpaired) electrons. The number of fused-ring (bicyclic) bond motifs is 6. The average Bonchev–Trinajstić information content (AvgIpc) is 3.93. The van der Waals surface area contributed by atoms with Gasteiger partial charge in [-0.05, 0) is 151 Å². The van der Waals surface area contributed by atoms with Crippen molar-refractivity contribution < 1.29 is 43.2 Å². The SMILES string of the molecule is [2H]C([2H])([2H])C([2H])(C)Cc1cc(-c2ccc(-c3c(C)ccc4c3oc3nc(C)ccc34)[n+](C)c2)ccc1F.[2H]C([2H])([2H])C([2H])(C)c1cc(-c2ccc(-c3c(C)ccc4c3oc3nc(C)ccc34)[n+](C)c2)cc(C([2H])(C)C([2H])([2H])[2H])c1F. The normalized spacial score (nSPS) is 17.6. The highest BCUT2D eigenvalue weighted by Gasteiger charge is 2.25. The number of hydrogen-bond acceptors (Lipinski definition) is 4. The Labute approximate surface area is 414 Å². The molecule has 6 nitrogen and oxygen atoms in total. The van der Waals surface area contributed by atoms with Crippen molar-refractivity contribution in [3.63, 3.8) is 0 Å². The molecule has 10 aromatic rings. The second-order valence-corrected chi connectivity index (χ2v) is 17.8. The zero-order valence-electron chi connectivity index (χ0n) is 51.5. The van der Waals surface area contributed by atoms with Gasteiger partial charge in [0, 0.05) is 72.6 Å². The monoisotopic (exact) mass is 919 g/mol. The second kappa shape index (κ2) is 18.2. The first kappa shape index (κ1) is 33.4. The molecule has 0 aliphatic rings. The number of pyridine rings is 4. The fourth-order valence-corrected chi connectivity index (χ4v) is 9.05. The van der Waals surface area contributed by atoms with Crippen LogP contribution in [-0.4, -0.2) is 9.97 Å². The largest absolute Gasteiger partial charge is 0.437 e. The molecule has 68 heavy (non-hydrogen) atoms. The van der Waals surface area contributed by atoms with Crippen LogP contribution in [0, 0.1) is 45.2 Å². The molecule has 6 heterocycles. The summed E-state index contributed by atoms with van der Waals surface area (Å²) < 4.78 is 143. The third kappa shape index (κ3) is 8.57. The Bertz CT molecular complexity index is 4050. The molecule has 344 valence electrons. The van der Waals surface area contributed by atoms with E-state index in [0.29, 0.717) is 22.6 Å². The Morgan fingerprint density at radius 1 is 0.559 bits per heavy atom. The number of rotatable bonds is 8. The van der Waals surface area contributed by atoms with Gasteiger partial charge in [0.2, 0.25) is 22.8 Å². The summed E-state index contributed by atoms with van der Waals surface area (Å²) in [5, 5.41) is 3.79. The summed E-state index contributed by atoms with van der Waals surface area (Å²) in [6, 6.07) is 30.8. The van der Waals surface area contributed by atoms with Crippen LogP contribution < -0.4 is 9.13 Å². The molecule has 6 aromatic heterocycles. The molecule has 0 aliphatic carbocycles. The molecule has 0 N–H and O–H groups in total. The van der Waals surface area contributed by atoms with Crippen LogP contribution in [0.3, 0.4) is 0 Å². The minimum absolute atomic E-state index is 0.212. The van der Waals surface area contributed by atoms with E-state index in [9.17, 15) is 4.39 Å². The number of aryl methyl sites for hydroxylation is 6. The van der Waals surface area contributed by atoms with E-state index in [1.165, 1.54) is 25.1 Å². The van der Waals surface area contributed by atoms with E-state index in [-0.39, 0.29) is 17.5 Å². The summed E-state index contributed by atoms with van der Waals surface area (Å²) >= 11 is 0. The fourth-order valence-electron chi connectivity index (χ4n) is 9.05. The van der Waals surface area contributed by atoms with E-state index in [2.05, 4.69) is 22.1 Å². The van der Waals surface area contributed by atoms with Gasteiger partial charge in [0.05, 0.1) is 11.1 Å². The molecule has 0 bridgehead atoms. The van der Waals surface area contributed by atoms with Crippen LogP contribution in [0.4, 0.5) is 8.78 Å². The topological polar surface area (TPSA) is 59.8 Å². The second-order valence-electron chi connectivity index (χ2n) is 17.8. The van der Waals surface area contributed by atoms with E-state index in [1.54, 1.807) is 24.4 Å². The van der Waals surface area contributed by atoms with Crippen LogP contribution in [0.25, 0.3) is 88.9 Å². The number of furan rings is 2. The van der Waals surface area contributed by atoms with Gasteiger partial charge >= 0.3 is 0 Å². The number of halogens is 2. The number of hydrogen-bond donors (Lipinski definition) is 0. The third-order valence-electron chi connectivity index (χ3n) is 12.5. The Hall–Kier alpha value is -7.06. The van der Waals surface area contributed by atoms with Crippen LogP contribution >= 0.6 is 0 Å². The molecule has 8 heteroatoms. The molecule has 3 unspecified atom stereocenters. The van der Waals surface area contributed by atoms with Crippen molar-refractivity contribution in [2.45, 2.75) is 87.2 Å². The number of benzene rings is 4. The molecule has 0 saturated heterocycles. The van der Waals surface area contributed by atoms with Crippen LogP contribution in [0.15, 0.2) is 124 Å². The van der Waals surface area contributed by atoms with Crippen LogP contribution in [0.5, 0.6) is 0 Å². The van der Waals surface area contributed by atoms with Gasteiger partial charge in [-0.3, -0.25) is 0 Å². The minimum Gasteiger partial charge on any atom is -0.437 e. The van der Waals surface area contributed by atoms with Crippen LogP contribution in [0.2, 0.25) is 0 Å². The van der Waals surface area contributed by atoms with Gasteiger partial charge in [0.1, 0.15) is 25.7 Å². The maximum absolute atomic E-state index is 15.9. The Morgan fingerprint density at radius 3 is 1.50 bits per heavy atom. The molecule has 3 atom stereocenters. The van der Waals surface area contributed by atoms with Crippen molar-refractivity contribution in [3.05, 3.63) is 166 Å². The van der Waals surface area contributed by atoms with Crippen molar-refractivity contribution in [2.75, 3.05) is 0 Å². The zero-order valence-corrected chi connectivity index (χ0v) is 39.5. The first-order valence-electron chi connectivity index (χ1n) is 28.3. The predicted octanol–water partition coefficient (Wildman–Crippen LogP) is 15.2. The highest BCUT2D eigenvalue weighted by molar-refractivity contribution is 6.09. The number of nitrogens with zero attached hydrogens (tertiary/aromatic N) is 4. The maximum atomic E-state index is 15.9. The van der Waals surface area contributed by atoms with Crippen molar-refractivity contribution >= 4 is 44.1 Å². The highest BCUT2D eigenvalue weighted by Crippen LogP contribution is 2.39. The van der Waals surface area contributed by atoms with Gasteiger partial charge in [-0.15, -0.1) is 0 Å². The van der Waals surface area contributed by atoms with Gasteiger partial charge in [-0.1, -0.05) is 71.7 Å². The predicted molar refractivity (Wildman–Crippen MR) is 273 cm³/mol. The lowest BCUT2D eigenvalue weighted by molar-refractivity contribution is -0.660. The Morgan fingerprint density at radius 2 is 1.03 bits per heavy atom. The summed E-state index contributed by atoms with van der Waals surface area (Å²) in [6.45, 7) is 2.94. The van der Waals surface area contributed by atoms with E-state index >= 15 is 4.39 Å². The first-order chi connectivity index (χ1) is 37.1. The third-order valence-corrected chi connectivity index (χ3v) is 12.5. The number of aromatic nitrogens is 4. The van der Waals surface area contributed by atoms with E-state index in [1.807, 2.05) is 112 Å². The summed E-state index contributed by atoms with van der Waals surface area (Å²) in [6.07, 6.45) is 3.50. The molecule has 0 saturated carbocycles. The van der Waals surface area contributed by atoms with Crippen molar-refractivity contribution in [1.29, 1.82) is 0 Å². The van der Waals surface area contributed by atoms with Crippen molar-refractivity contribution in [3.8, 4) is 44.8 Å². The lowest BCUT2D eigenvalue weighted by atomic mass is 9.90. The first-order valence-corrected chi connectivity index (χ1v) is 22.3. The molecule has 0 aliphatic heterocycles. The van der Waals surface area contributed by atoms with Gasteiger partial charge in [0.25, 0.3) is 0 Å². The molecule has 0 fully saturated rings. The summed E-state index contributed by atoms with van der Waals surface area (Å²) in [7, 11) is 3.77. The van der Waals surface area contributed by atoms with Crippen LogP contribution in [-0.2, 0) is 20.5 Å². The quantitative estimate of drug-likeness (QED) is 0.143. The van der Waals surface area contributed by atoms with Gasteiger partial charge in [0.15, 0.2) is 23.6 Å². The Kier molecular flexibility index (Phi) is 8.95. The summed E-state index contributed by atoms with van der Waals surface area (Å²) in [4.78, 5) is 9.09. The molecular formula is C60H60F2N4O2+2. The minimum atomic E-state index is -2.92. The molecule has 4 aromatic carbocycles. The standard InChI is InChI=1S/C31H32FN2O.C29H28FN2O/c1-17(2)25-14-22(15-26(18(3)4)29(25)32)21-10-13-27(34(7)16-21)28-19(5)8-11-23-24-12-9-20(6)33-31(24)35-30(23)28;1-17(2)14-22-15-20(8-12-25(22)30)21-9-13-26(32(5)16-21)27-18(3)6-10-23-24-11-7-19(4)31-29(24)33-28(23)27/h8-18H,1-7H3;6-13,15-17H,14H2,1-5H3/q2*+1/i1D3,3D3,17D,18D;1D3,17D. The molecule has 0 amide bonds. The van der Waals surface area contributed by atoms with E-state index < -0.39 is 61.0 Å². The van der Waals surface area contributed by atoms with Gasteiger partial charge in [-0.2, -0.15) is 0 Å². The fraction of sp³-hybridized carbons (Fsp3) is 0.267. The van der Waals surface area contributed by atoms with E-state index in [0.717, 1.165) is 97.1 Å². The summed E-state index contributed by atoms with van der Waals surface area (Å²) in [5.41, 5.74) is 11.5. The van der Waals surface area contributed by atoms with Crippen molar-refractivity contribution in [1.82, 2.24) is 9.97 Å². The van der Waals surface area contributed by atoms with Gasteiger partial charge in [-0.25, -0.2) is 27.9 Å². The molecule has 0 spiro atoms. The van der Waals surface area contributed by atoms with Crippen molar-refractivity contribution in [2.24, 2.45) is 20.0 Å². The average molecular weight is 919 g/mol. The highest BCUT2D eigenvalue weighted by atomic mass is 19.1. The summed E-state index contributed by atoms with van der Waals surface area (Å²) in [5.74, 6) is -8.30. The Balaban J connectivity index is 0.000000196. The van der Waals surface area contributed by atoms with Gasteiger partial charge < -0.3 is 8.83 Å². The molecular weight excluding hydrogens is 847 g/mol. The smallest absolute Gasteiger partial charge is 0.227 e. The molecule has 10 rings (SSSR count). The maximum Gasteiger partial charge on any atom is 0.227 e. The van der Waals surface area contributed by atoms with E-state index in [4.69, 9.17) is 25.3 Å². The van der Waals surface area contributed by atoms with Crippen LogP contribution in [0.1, 0.15) is 109 Å². The zero-order chi connectivity index (χ0) is 58.6. The lowest BCUT2D eigenvalue weighted by Crippen LogP contribution is -2.31. The lowest BCUT2D eigenvalue weighted by Gasteiger charge is -2.16.